The van der Waals surface area contributed by atoms with Crippen molar-refractivity contribution in [2.45, 2.75) is 64.3 Å². The minimum atomic E-state index is 0.489. The summed E-state index contributed by atoms with van der Waals surface area (Å²) in [7, 11) is 0. The van der Waals surface area contributed by atoms with Gasteiger partial charge in [-0.2, -0.15) is 0 Å². The van der Waals surface area contributed by atoms with Crippen LogP contribution in [-0.2, 0) is 0 Å². The summed E-state index contributed by atoms with van der Waals surface area (Å²) in [5.74, 6) is 3.75. The Labute approximate surface area is 104 Å². The van der Waals surface area contributed by atoms with Gasteiger partial charge in [0, 0.05) is 12.0 Å². The number of hydrogen-bond acceptors (Lipinski definition) is 2. The smallest absolute Gasteiger partial charge is 0.136 e. The summed E-state index contributed by atoms with van der Waals surface area (Å²) >= 11 is 0. The van der Waals surface area contributed by atoms with Gasteiger partial charge in [0.1, 0.15) is 12.2 Å². The molecule has 0 aliphatic heterocycles. The average molecular weight is 233 g/mol. The van der Waals surface area contributed by atoms with E-state index in [4.69, 9.17) is 0 Å². The monoisotopic (exact) mass is 233 g/mol. The molecule has 0 amide bonds. The van der Waals surface area contributed by atoms with Crippen LogP contribution in [0.4, 0.5) is 0 Å². The molecular formula is C14H23N3. The highest BCUT2D eigenvalue weighted by Crippen LogP contribution is 2.49. The van der Waals surface area contributed by atoms with Gasteiger partial charge in [-0.15, -0.1) is 10.2 Å². The standard InChI is InChI=1S/C14H23N3/c1-10(2)17-9-15-16-14(17)13(11-5-3-6-11)12-7-4-8-12/h9-13H,3-8H2,1-2H3. The van der Waals surface area contributed by atoms with E-state index in [9.17, 15) is 0 Å². The molecule has 0 radical (unpaired) electrons. The maximum absolute atomic E-state index is 4.46. The molecule has 3 rings (SSSR count). The van der Waals surface area contributed by atoms with Gasteiger partial charge in [-0.3, -0.25) is 0 Å². The zero-order valence-corrected chi connectivity index (χ0v) is 11.0. The lowest BCUT2D eigenvalue weighted by Gasteiger charge is -2.42. The molecule has 94 valence electrons. The first-order valence-corrected chi connectivity index (χ1v) is 7.16. The molecular weight excluding hydrogens is 210 g/mol. The number of hydrogen-bond donors (Lipinski definition) is 0. The van der Waals surface area contributed by atoms with E-state index in [0.29, 0.717) is 12.0 Å². The predicted molar refractivity (Wildman–Crippen MR) is 67.8 cm³/mol. The topological polar surface area (TPSA) is 30.7 Å². The van der Waals surface area contributed by atoms with Gasteiger partial charge in [-0.25, -0.2) is 0 Å². The van der Waals surface area contributed by atoms with Crippen LogP contribution in [0.1, 0.15) is 70.2 Å². The zero-order valence-electron chi connectivity index (χ0n) is 11.0. The molecule has 2 aliphatic rings. The van der Waals surface area contributed by atoms with Crippen LogP contribution < -0.4 is 0 Å². The van der Waals surface area contributed by atoms with Gasteiger partial charge in [0.15, 0.2) is 0 Å². The Bertz CT molecular complexity index is 361. The van der Waals surface area contributed by atoms with E-state index in [1.807, 2.05) is 6.33 Å². The fourth-order valence-corrected chi connectivity index (χ4v) is 3.29. The van der Waals surface area contributed by atoms with Crippen LogP contribution in [0.25, 0.3) is 0 Å². The number of rotatable bonds is 4. The lowest BCUT2D eigenvalue weighted by Crippen LogP contribution is -2.32. The Morgan fingerprint density at radius 1 is 1.12 bits per heavy atom. The van der Waals surface area contributed by atoms with Crippen LogP contribution >= 0.6 is 0 Å². The third-order valence-corrected chi connectivity index (χ3v) is 4.77. The molecule has 0 aromatic carbocycles. The lowest BCUT2D eigenvalue weighted by atomic mass is 9.64. The van der Waals surface area contributed by atoms with Crippen molar-refractivity contribution in [1.29, 1.82) is 0 Å². The highest BCUT2D eigenvalue weighted by atomic mass is 15.3. The van der Waals surface area contributed by atoms with E-state index < -0.39 is 0 Å². The molecule has 0 spiro atoms. The maximum atomic E-state index is 4.46. The van der Waals surface area contributed by atoms with Gasteiger partial charge in [0.2, 0.25) is 0 Å². The Morgan fingerprint density at radius 2 is 1.71 bits per heavy atom. The highest BCUT2D eigenvalue weighted by Gasteiger charge is 2.39. The largest absolute Gasteiger partial charge is 0.315 e. The van der Waals surface area contributed by atoms with Gasteiger partial charge in [-0.05, 0) is 51.4 Å². The maximum Gasteiger partial charge on any atom is 0.136 e. The fourth-order valence-electron chi connectivity index (χ4n) is 3.29. The van der Waals surface area contributed by atoms with Gasteiger partial charge in [-0.1, -0.05) is 12.8 Å². The molecule has 0 N–H and O–H groups in total. The molecule has 2 saturated carbocycles. The van der Waals surface area contributed by atoms with Crippen molar-refractivity contribution >= 4 is 0 Å². The van der Waals surface area contributed by atoms with Crippen LogP contribution in [-0.4, -0.2) is 14.8 Å². The van der Waals surface area contributed by atoms with Gasteiger partial charge < -0.3 is 4.57 Å². The van der Waals surface area contributed by atoms with Gasteiger partial charge in [0.05, 0.1) is 0 Å². The predicted octanol–water partition coefficient (Wildman–Crippen LogP) is 3.54. The van der Waals surface area contributed by atoms with Crippen LogP contribution in [0.5, 0.6) is 0 Å². The Kier molecular flexibility index (Phi) is 2.93. The van der Waals surface area contributed by atoms with Crippen LogP contribution in [0.15, 0.2) is 6.33 Å². The van der Waals surface area contributed by atoms with Crippen LogP contribution in [0, 0.1) is 11.8 Å². The summed E-state index contributed by atoms with van der Waals surface area (Å²) in [4.78, 5) is 0. The Hall–Kier alpha value is -0.860. The van der Waals surface area contributed by atoms with Crippen molar-refractivity contribution in [3.8, 4) is 0 Å². The summed E-state index contributed by atoms with van der Waals surface area (Å²) in [6.07, 6.45) is 10.4. The third kappa shape index (κ3) is 1.90. The second-order valence-corrected chi connectivity index (χ2v) is 6.10. The molecule has 0 unspecified atom stereocenters. The molecule has 2 aliphatic carbocycles. The molecule has 2 fully saturated rings. The summed E-state index contributed by atoms with van der Waals surface area (Å²) in [6, 6.07) is 0.489. The summed E-state index contributed by atoms with van der Waals surface area (Å²) in [6.45, 7) is 4.46. The third-order valence-electron chi connectivity index (χ3n) is 4.77. The molecule has 1 heterocycles. The first-order valence-electron chi connectivity index (χ1n) is 7.16. The molecule has 1 aromatic heterocycles. The minimum absolute atomic E-state index is 0.489. The Balaban J connectivity index is 1.88. The van der Waals surface area contributed by atoms with E-state index in [-0.39, 0.29) is 0 Å². The van der Waals surface area contributed by atoms with Gasteiger partial charge in [0.25, 0.3) is 0 Å². The second-order valence-electron chi connectivity index (χ2n) is 6.10. The van der Waals surface area contributed by atoms with E-state index >= 15 is 0 Å². The fraction of sp³-hybridized carbons (Fsp3) is 0.857. The molecule has 0 atom stereocenters. The molecule has 0 bridgehead atoms. The lowest BCUT2D eigenvalue weighted by molar-refractivity contribution is 0.139. The minimum Gasteiger partial charge on any atom is -0.315 e. The summed E-state index contributed by atoms with van der Waals surface area (Å²) < 4.78 is 2.29. The van der Waals surface area contributed by atoms with Crippen LogP contribution in [0.2, 0.25) is 0 Å². The average Bonchev–Trinajstić information content (AvgIpc) is 2.58. The van der Waals surface area contributed by atoms with Crippen molar-refractivity contribution < 1.29 is 0 Å². The normalized spacial score (nSPS) is 21.9. The van der Waals surface area contributed by atoms with Crippen molar-refractivity contribution in [1.82, 2.24) is 14.8 Å². The zero-order chi connectivity index (χ0) is 11.8. The van der Waals surface area contributed by atoms with Crippen molar-refractivity contribution in [3.05, 3.63) is 12.2 Å². The molecule has 1 aromatic rings. The molecule has 3 heteroatoms. The number of nitrogens with zero attached hydrogens (tertiary/aromatic N) is 3. The van der Waals surface area contributed by atoms with Crippen molar-refractivity contribution in [3.63, 3.8) is 0 Å². The van der Waals surface area contributed by atoms with Crippen LogP contribution in [0.3, 0.4) is 0 Å². The van der Waals surface area contributed by atoms with Gasteiger partial charge >= 0.3 is 0 Å². The van der Waals surface area contributed by atoms with Crippen molar-refractivity contribution in [2.75, 3.05) is 0 Å². The summed E-state index contributed by atoms with van der Waals surface area (Å²) in [5, 5.41) is 8.62. The molecule has 3 nitrogen and oxygen atoms in total. The molecule has 17 heavy (non-hydrogen) atoms. The van der Waals surface area contributed by atoms with E-state index in [1.54, 1.807) is 0 Å². The first-order chi connectivity index (χ1) is 8.27. The highest BCUT2D eigenvalue weighted by molar-refractivity contribution is 5.07. The van der Waals surface area contributed by atoms with E-state index in [1.165, 1.54) is 44.3 Å². The van der Waals surface area contributed by atoms with Crippen molar-refractivity contribution in [2.24, 2.45) is 11.8 Å². The number of aromatic nitrogens is 3. The second kappa shape index (κ2) is 4.43. The van der Waals surface area contributed by atoms with E-state index in [2.05, 4.69) is 28.6 Å². The quantitative estimate of drug-likeness (QED) is 0.796. The first kappa shape index (κ1) is 11.2. The summed E-state index contributed by atoms with van der Waals surface area (Å²) in [5.41, 5.74) is 0. The Morgan fingerprint density at radius 3 is 2.12 bits per heavy atom. The molecule has 0 saturated heterocycles. The SMILES string of the molecule is CC(C)n1cnnc1C(C1CCC1)C1CCC1. The van der Waals surface area contributed by atoms with E-state index in [0.717, 1.165) is 11.8 Å².